The van der Waals surface area contributed by atoms with Gasteiger partial charge in [0, 0.05) is 25.3 Å². The van der Waals surface area contributed by atoms with Gasteiger partial charge in [0.05, 0.1) is 13.2 Å². The van der Waals surface area contributed by atoms with Crippen LogP contribution in [0.15, 0.2) is 18.2 Å². The van der Waals surface area contributed by atoms with Crippen LogP contribution in [0.25, 0.3) is 0 Å². The van der Waals surface area contributed by atoms with Gasteiger partial charge in [-0.25, -0.2) is 0 Å². The normalized spacial score (nSPS) is 23.7. The number of ether oxygens (including phenoxy) is 3. The lowest BCUT2D eigenvalue weighted by Crippen LogP contribution is -2.29. The molecule has 0 amide bonds. The molecule has 4 nitrogen and oxygen atoms in total. The van der Waals surface area contributed by atoms with Gasteiger partial charge in [0.25, 0.3) is 0 Å². The molecule has 1 saturated carbocycles. The van der Waals surface area contributed by atoms with E-state index in [4.69, 9.17) is 19.9 Å². The molecule has 0 heterocycles. The Bertz CT molecular complexity index is 395. The van der Waals surface area contributed by atoms with Crippen LogP contribution < -0.4 is 15.2 Å². The fourth-order valence-corrected chi connectivity index (χ4v) is 2.38. The lowest BCUT2D eigenvalue weighted by atomic mass is 9.95. The van der Waals surface area contributed by atoms with E-state index in [1.54, 1.807) is 20.3 Å². The van der Waals surface area contributed by atoms with Gasteiger partial charge in [-0.2, -0.15) is 0 Å². The highest BCUT2D eigenvalue weighted by Gasteiger charge is 2.23. The average molecular weight is 251 g/mol. The molecule has 0 bridgehead atoms. The molecule has 1 fully saturated rings. The molecule has 2 N–H and O–H groups in total. The van der Waals surface area contributed by atoms with Crippen LogP contribution in [0.4, 0.5) is 5.69 Å². The number of hydrogen-bond acceptors (Lipinski definition) is 4. The van der Waals surface area contributed by atoms with Gasteiger partial charge in [0.1, 0.15) is 6.10 Å². The molecule has 0 aliphatic heterocycles. The summed E-state index contributed by atoms with van der Waals surface area (Å²) in [4.78, 5) is 0. The summed E-state index contributed by atoms with van der Waals surface area (Å²) < 4.78 is 16.7. The highest BCUT2D eigenvalue weighted by molar-refractivity contribution is 5.52. The van der Waals surface area contributed by atoms with Gasteiger partial charge in [-0.15, -0.1) is 0 Å². The first-order chi connectivity index (χ1) is 8.72. The molecule has 4 heteroatoms. The quantitative estimate of drug-likeness (QED) is 0.836. The number of hydrogen-bond donors (Lipinski definition) is 1. The lowest BCUT2D eigenvalue weighted by molar-refractivity contribution is 0.0202. The summed E-state index contributed by atoms with van der Waals surface area (Å²) >= 11 is 0. The fraction of sp³-hybridized carbons (Fsp3) is 0.571. The summed E-state index contributed by atoms with van der Waals surface area (Å²) in [6, 6.07) is 5.48. The summed E-state index contributed by atoms with van der Waals surface area (Å²) in [6.45, 7) is 0. The van der Waals surface area contributed by atoms with Crippen LogP contribution in [0.3, 0.4) is 0 Å². The van der Waals surface area contributed by atoms with Crippen molar-refractivity contribution in [2.75, 3.05) is 20.0 Å². The van der Waals surface area contributed by atoms with Crippen molar-refractivity contribution in [3.05, 3.63) is 18.2 Å². The van der Waals surface area contributed by atoms with Crippen LogP contribution in [-0.2, 0) is 4.74 Å². The molecule has 18 heavy (non-hydrogen) atoms. The Hall–Kier alpha value is -1.42. The molecule has 100 valence electrons. The minimum atomic E-state index is 0.196. The summed E-state index contributed by atoms with van der Waals surface area (Å²) in [5, 5.41) is 0. The molecule has 1 aromatic rings. The monoisotopic (exact) mass is 251 g/mol. The van der Waals surface area contributed by atoms with Crippen molar-refractivity contribution >= 4 is 5.69 Å². The van der Waals surface area contributed by atoms with Crippen molar-refractivity contribution in [1.29, 1.82) is 0 Å². The van der Waals surface area contributed by atoms with E-state index in [9.17, 15) is 0 Å². The van der Waals surface area contributed by atoms with E-state index in [0.717, 1.165) is 31.4 Å². The van der Waals surface area contributed by atoms with Gasteiger partial charge in [0.2, 0.25) is 0 Å². The molecule has 2 atom stereocenters. The molecule has 1 aliphatic rings. The van der Waals surface area contributed by atoms with Crippen LogP contribution in [-0.4, -0.2) is 26.4 Å². The van der Waals surface area contributed by atoms with Crippen LogP contribution in [0.5, 0.6) is 11.5 Å². The topological polar surface area (TPSA) is 53.7 Å². The van der Waals surface area contributed by atoms with Gasteiger partial charge in [0.15, 0.2) is 11.5 Å². The minimum Gasteiger partial charge on any atom is -0.493 e. The number of nitrogen functional groups attached to an aromatic ring is 1. The highest BCUT2D eigenvalue weighted by atomic mass is 16.5. The zero-order chi connectivity index (χ0) is 13.0. The second-order valence-corrected chi connectivity index (χ2v) is 4.67. The standard InChI is InChI=1S/C14H21NO3/c1-16-11-4-3-5-12(9-11)18-13-7-6-10(15)8-14(13)17-2/h6-8,11-12H,3-5,9,15H2,1-2H3. The Labute approximate surface area is 108 Å². The highest BCUT2D eigenvalue weighted by Crippen LogP contribution is 2.32. The van der Waals surface area contributed by atoms with E-state index in [1.807, 2.05) is 12.1 Å². The first-order valence-corrected chi connectivity index (χ1v) is 6.36. The lowest BCUT2D eigenvalue weighted by Gasteiger charge is -2.29. The number of rotatable bonds is 4. The van der Waals surface area contributed by atoms with Crippen molar-refractivity contribution in [2.45, 2.75) is 37.9 Å². The molecular formula is C14H21NO3. The Kier molecular flexibility index (Phi) is 4.31. The maximum absolute atomic E-state index is 6.00. The van der Waals surface area contributed by atoms with Gasteiger partial charge in [-0.05, 0) is 31.4 Å². The Balaban J connectivity index is 2.04. The molecule has 1 aromatic carbocycles. The smallest absolute Gasteiger partial charge is 0.162 e. The predicted molar refractivity (Wildman–Crippen MR) is 71.1 cm³/mol. The van der Waals surface area contributed by atoms with E-state index < -0.39 is 0 Å². The van der Waals surface area contributed by atoms with Gasteiger partial charge >= 0.3 is 0 Å². The van der Waals surface area contributed by atoms with Crippen molar-refractivity contribution in [3.63, 3.8) is 0 Å². The molecule has 1 aliphatic carbocycles. The second kappa shape index (κ2) is 5.96. The Morgan fingerprint density at radius 2 is 1.89 bits per heavy atom. The summed E-state index contributed by atoms with van der Waals surface area (Å²) in [5.41, 5.74) is 6.40. The van der Waals surface area contributed by atoms with Crippen LogP contribution >= 0.6 is 0 Å². The zero-order valence-corrected chi connectivity index (χ0v) is 11.0. The number of methoxy groups -OCH3 is 2. The van der Waals surface area contributed by atoms with E-state index in [1.165, 1.54) is 0 Å². The maximum Gasteiger partial charge on any atom is 0.162 e. The molecule has 0 saturated heterocycles. The van der Waals surface area contributed by atoms with Crippen molar-refractivity contribution in [2.24, 2.45) is 0 Å². The van der Waals surface area contributed by atoms with Gasteiger partial charge in [-0.1, -0.05) is 0 Å². The summed E-state index contributed by atoms with van der Waals surface area (Å²) in [7, 11) is 3.39. The van der Waals surface area contributed by atoms with Crippen LogP contribution in [0.1, 0.15) is 25.7 Å². The third-order valence-corrected chi connectivity index (χ3v) is 3.39. The molecular weight excluding hydrogens is 230 g/mol. The van der Waals surface area contributed by atoms with Crippen LogP contribution in [0, 0.1) is 0 Å². The zero-order valence-electron chi connectivity index (χ0n) is 11.0. The van der Waals surface area contributed by atoms with Crippen molar-refractivity contribution in [3.8, 4) is 11.5 Å². The predicted octanol–water partition coefficient (Wildman–Crippen LogP) is 2.61. The van der Waals surface area contributed by atoms with Gasteiger partial charge in [-0.3, -0.25) is 0 Å². The first-order valence-electron chi connectivity index (χ1n) is 6.36. The van der Waals surface area contributed by atoms with E-state index in [-0.39, 0.29) is 6.10 Å². The maximum atomic E-state index is 6.00. The number of benzene rings is 1. The summed E-state index contributed by atoms with van der Waals surface area (Å²) in [5.74, 6) is 1.45. The number of nitrogens with two attached hydrogens (primary N) is 1. The van der Waals surface area contributed by atoms with Crippen LogP contribution in [0.2, 0.25) is 0 Å². The molecule has 2 unspecified atom stereocenters. The largest absolute Gasteiger partial charge is 0.493 e. The third-order valence-electron chi connectivity index (χ3n) is 3.39. The molecule has 0 radical (unpaired) electrons. The molecule has 0 spiro atoms. The third kappa shape index (κ3) is 3.07. The molecule has 2 rings (SSSR count). The number of anilines is 1. The SMILES string of the molecule is COc1cc(N)ccc1OC1CCCC(OC)C1. The minimum absolute atomic E-state index is 0.196. The fourth-order valence-electron chi connectivity index (χ4n) is 2.38. The molecule has 0 aromatic heterocycles. The van der Waals surface area contributed by atoms with Gasteiger partial charge < -0.3 is 19.9 Å². The Morgan fingerprint density at radius 1 is 1.11 bits per heavy atom. The van der Waals surface area contributed by atoms with E-state index in [0.29, 0.717) is 17.5 Å². The summed E-state index contributed by atoms with van der Waals surface area (Å²) in [6.07, 6.45) is 4.76. The van der Waals surface area contributed by atoms with Crippen molar-refractivity contribution in [1.82, 2.24) is 0 Å². The van der Waals surface area contributed by atoms with E-state index in [2.05, 4.69) is 0 Å². The average Bonchev–Trinajstić information content (AvgIpc) is 2.41. The Morgan fingerprint density at radius 3 is 2.61 bits per heavy atom. The first kappa shape index (κ1) is 13.0. The van der Waals surface area contributed by atoms with E-state index >= 15 is 0 Å². The van der Waals surface area contributed by atoms with Crippen molar-refractivity contribution < 1.29 is 14.2 Å². The second-order valence-electron chi connectivity index (χ2n) is 4.67.